The third kappa shape index (κ3) is 3.47. The van der Waals surface area contributed by atoms with Crippen molar-refractivity contribution >= 4 is 11.6 Å². The van der Waals surface area contributed by atoms with Gasteiger partial charge in [0.25, 0.3) is 5.91 Å². The van der Waals surface area contributed by atoms with Gasteiger partial charge in [0.15, 0.2) is 0 Å². The van der Waals surface area contributed by atoms with Crippen LogP contribution < -0.4 is 15.8 Å². The van der Waals surface area contributed by atoms with Gasteiger partial charge in [0, 0.05) is 5.69 Å². The van der Waals surface area contributed by atoms with E-state index in [9.17, 15) is 9.90 Å². The number of carbonyl (C=O) groups is 1. The number of amides is 1. The molecule has 5 heteroatoms. The molecule has 0 radical (unpaired) electrons. The number of aliphatic hydroxyl groups excluding tert-OH is 1. The predicted molar refractivity (Wildman–Crippen MR) is 82.3 cm³/mol. The summed E-state index contributed by atoms with van der Waals surface area (Å²) in [7, 11) is 1.55. The number of aliphatic hydroxyl groups is 1. The van der Waals surface area contributed by atoms with E-state index in [1.54, 1.807) is 25.3 Å². The molecule has 4 N–H and O–H groups in total. The molecule has 2 atom stereocenters. The number of nitrogens with one attached hydrogen (secondary N) is 1. The van der Waals surface area contributed by atoms with Crippen LogP contribution in [0.1, 0.15) is 43.0 Å². The second-order valence-electron chi connectivity index (χ2n) is 6.05. The number of carbonyl (C=O) groups excluding carboxylic acids is 1. The van der Waals surface area contributed by atoms with Crippen molar-refractivity contribution in [2.24, 2.45) is 5.92 Å². The summed E-state index contributed by atoms with van der Waals surface area (Å²) in [5, 5.41) is 12.8. The number of nitrogen functional groups attached to an aromatic ring is 1. The van der Waals surface area contributed by atoms with Crippen LogP contribution in [0.3, 0.4) is 0 Å². The Morgan fingerprint density at radius 3 is 2.95 bits per heavy atom. The molecule has 1 saturated carbocycles. The maximum atomic E-state index is 12.5. The van der Waals surface area contributed by atoms with E-state index in [-0.39, 0.29) is 12.5 Å². The van der Waals surface area contributed by atoms with Crippen LogP contribution in [-0.2, 0) is 0 Å². The molecule has 0 spiro atoms. The predicted octanol–water partition coefficient (Wildman–Crippen LogP) is 1.95. The summed E-state index contributed by atoms with van der Waals surface area (Å²) in [5.74, 6) is 0.827. The molecule has 0 aromatic heterocycles. The maximum absolute atomic E-state index is 12.5. The molecule has 1 aliphatic rings. The van der Waals surface area contributed by atoms with Crippen LogP contribution in [-0.4, -0.2) is 30.3 Å². The lowest BCUT2D eigenvalue weighted by Gasteiger charge is -2.39. The van der Waals surface area contributed by atoms with Gasteiger partial charge in [-0.2, -0.15) is 0 Å². The van der Waals surface area contributed by atoms with Gasteiger partial charge in [-0.3, -0.25) is 4.79 Å². The zero-order valence-corrected chi connectivity index (χ0v) is 12.7. The first-order chi connectivity index (χ1) is 9.99. The average molecular weight is 292 g/mol. The lowest BCUT2D eigenvalue weighted by Crippen LogP contribution is -2.53. The molecule has 0 saturated heterocycles. The molecule has 0 heterocycles. The largest absolute Gasteiger partial charge is 0.497 e. The highest BCUT2D eigenvalue weighted by Crippen LogP contribution is 2.32. The summed E-state index contributed by atoms with van der Waals surface area (Å²) in [6, 6.07) is 5.00. The van der Waals surface area contributed by atoms with E-state index in [0.29, 0.717) is 22.9 Å². The topological polar surface area (TPSA) is 84.6 Å². The first kappa shape index (κ1) is 15.6. The number of anilines is 1. The van der Waals surface area contributed by atoms with Gasteiger partial charge in [0.05, 0.1) is 24.8 Å². The van der Waals surface area contributed by atoms with Gasteiger partial charge in [-0.05, 0) is 37.0 Å². The molecule has 116 valence electrons. The minimum absolute atomic E-state index is 0.0487. The molecule has 2 unspecified atom stereocenters. The van der Waals surface area contributed by atoms with E-state index in [2.05, 4.69) is 12.2 Å². The molecule has 1 aromatic rings. The van der Waals surface area contributed by atoms with Crippen LogP contribution in [0.2, 0.25) is 0 Å². The van der Waals surface area contributed by atoms with Crippen LogP contribution in [0.4, 0.5) is 5.69 Å². The molecule has 1 aromatic carbocycles. The lowest BCUT2D eigenvalue weighted by atomic mass is 9.76. The fraction of sp³-hybridized carbons (Fsp3) is 0.562. The van der Waals surface area contributed by atoms with Crippen LogP contribution in [0, 0.1) is 5.92 Å². The minimum Gasteiger partial charge on any atom is -0.497 e. The minimum atomic E-state index is -0.537. The zero-order valence-electron chi connectivity index (χ0n) is 12.7. The lowest BCUT2D eigenvalue weighted by molar-refractivity contribution is 0.0697. The summed E-state index contributed by atoms with van der Waals surface area (Å²) in [5.41, 5.74) is 6.14. The Morgan fingerprint density at radius 1 is 1.57 bits per heavy atom. The number of nitrogens with two attached hydrogens (primary N) is 1. The Balaban J connectivity index is 2.20. The Hall–Kier alpha value is -1.75. The number of hydrogen-bond donors (Lipinski definition) is 3. The molecule has 2 rings (SSSR count). The van der Waals surface area contributed by atoms with E-state index < -0.39 is 5.54 Å². The molecule has 1 aliphatic carbocycles. The highest BCUT2D eigenvalue weighted by atomic mass is 16.5. The Kier molecular flexibility index (Phi) is 4.73. The monoisotopic (exact) mass is 292 g/mol. The zero-order chi connectivity index (χ0) is 15.5. The number of benzene rings is 1. The summed E-state index contributed by atoms with van der Waals surface area (Å²) in [6.07, 6.45) is 3.73. The first-order valence-electron chi connectivity index (χ1n) is 7.36. The first-order valence-corrected chi connectivity index (χ1v) is 7.36. The fourth-order valence-electron chi connectivity index (χ4n) is 3.12. The molecule has 0 bridgehead atoms. The van der Waals surface area contributed by atoms with Gasteiger partial charge in [0.2, 0.25) is 0 Å². The van der Waals surface area contributed by atoms with E-state index in [1.807, 2.05) is 0 Å². The van der Waals surface area contributed by atoms with E-state index >= 15 is 0 Å². The van der Waals surface area contributed by atoms with Gasteiger partial charge in [-0.25, -0.2) is 0 Å². The van der Waals surface area contributed by atoms with Crippen molar-refractivity contribution in [1.82, 2.24) is 5.32 Å². The number of rotatable bonds is 4. The average Bonchev–Trinajstić information content (AvgIpc) is 2.47. The van der Waals surface area contributed by atoms with Crippen LogP contribution in [0.25, 0.3) is 0 Å². The van der Waals surface area contributed by atoms with Gasteiger partial charge in [-0.15, -0.1) is 0 Å². The van der Waals surface area contributed by atoms with Crippen molar-refractivity contribution in [1.29, 1.82) is 0 Å². The number of hydrogen-bond acceptors (Lipinski definition) is 4. The fourth-order valence-corrected chi connectivity index (χ4v) is 3.12. The molecule has 1 fully saturated rings. The molecule has 0 aliphatic heterocycles. The number of ether oxygens (including phenoxy) is 1. The van der Waals surface area contributed by atoms with Gasteiger partial charge >= 0.3 is 0 Å². The van der Waals surface area contributed by atoms with E-state index in [0.717, 1.165) is 25.7 Å². The van der Waals surface area contributed by atoms with Gasteiger partial charge in [0.1, 0.15) is 5.75 Å². The summed E-state index contributed by atoms with van der Waals surface area (Å²) in [6.45, 7) is 2.10. The van der Waals surface area contributed by atoms with Crippen LogP contribution >= 0.6 is 0 Å². The second-order valence-corrected chi connectivity index (χ2v) is 6.05. The third-order valence-electron chi connectivity index (χ3n) is 4.28. The highest BCUT2D eigenvalue weighted by molar-refractivity contribution is 6.00. The summed E-state index contributed by atoms with van der Waals surface area (Å²) >= 11 is 0. The quantitative estimate of drug-likeness (QED) is 0.741. The van der Waals surface area contributed by atoms with Crippen molar-refractivity contribution in [3.63, 3.8) is 0 Å². The van der Waals surface area contributed by atoms with Crippen molar-refractivity contribution in [3.05, 3.63) is 23.8 Å². The Bertz CT molecular complexity index is 518. The SMILES string of the molecule is COc1ccc(N)c(C(=O)NC2(CO)CCCC(C)C2)c1. The van der Waals surface area contributed by atoms with Gasteiger partial charge < -0.3 is 20.9 Å². The van der Waals surface area contributed by atoms with Crippen molar-refractivity contribution in [2.45, 2.75) is 38.1 Å². The van der Waals surface area contributed by atoms with Crippen molar-refractivity contribution in [2.75, 3.05) is 19.5 Å². The van der Waals surface area contributed by atoms with Crippen LogP contribution in [0.5, 0.6) is 5.75 Å². The molecule has 1 amide bonds. The molecular weight excluding hydrogens is 268 g/mol. The third-order valence-corrected chi connectivity index (χ3v) is 4.28. The smallest absolute Gasteiger partial charge is 0.254 e. The van der Waals surface area contributed by atoms with Crippen molar-refractivity contribution in [3.8, 4) is 5.75 Å². The molecule has 21 heavy (non-hydrogen) atoms. The normalized spacial score (nSPS) is 25.4. The van der Waals surface area contributed by atoms with Crippen molar-refractivity contribution < 1.29 is 14.6 Å². The van der Waals surface area contributed by atoms with Crippen LogP contribution in [0.15, 0.2) is 18.2 Å². The Labute approximate surface area is 125 Å². The highest BCUT2D eigenvalue weighted by Gasteiger charge is 2.36. The van der Waals surface area contributed by atoms with Gasteiger partial charge in [-0.1, -0.05) is 19.8 Å². The second kappa shape index (κ2) is 6.35. The molecular formula is C16H24N2O3. The van der Waals surface area contributed by atoms with E-state index in [1.165, 1.54) is 0 Å². The summed E-state index contributed by atoms with van der Waals surface area (Å²) in [4.78, 5) is 12.5. The summed E-state index contributed by atoms with van der Waals surface area (Å²) < 4.78 is 5.13. The number of methoxy groups -OCH3 is 1. The standard InChI is InChI=1S/C16H24N2O3/c1-11-4-3-7-16(9-11,10-19)18-15(20)13-8-12(21-2)5-6-14(13)17/h5-6,8,11,19H,3-4,7,9-10,17H2,1-2H3,(H,18,20). The maximum Gasteiger partial charge on any atom is 0.254 e. The molecule has 5 nitrogen and oxygen atoms in total. The van der Waals surface area contributed by atoms with E-state index in [4.69, 9.17) is 10.5 Å². The Morgan fingerprint density at radius 2 is 2.33 bits per heavy atom.